The van der Waals surface area contributed by atoms with E-state index in [0.29, 0.717) is 5.88 Å². The van der Waals surface area contributed by atoms with Gasteiger partial charge >= 0.3 is 0 Å². The maximum atomic E-state index is 5.79. The molecule has 0 N–H and O–H groups in total. The molecule has 4 heteroatoms. The van der Waals surface area contributed by atoms with Crippen molar-refractivity contribution >= 4 is 49.0 Å². The zero-order chi connectivity index (χ0) is 10.1. The molecule has 0 aliphatic carbocycles. The lowest BCUT2D eigenvalue weighted by molar-refractivity contribution is 0.427. The Hall–Kier alpha value is -0.250. The molecule has 0 atom stereocenters. The van der Waals surface area contributed by atoms with Gasteiger partial charge in [0.15, 0.2) is 5.06 Å². The first kappa shape index (κ1) is 10.3. The monoisotopic (exact) mass is 290 g/mol. The van der Waals surface area contributed by atoms with Crippen molar-refractivity contribution in [3.05, 3.63) is 28.2 Å². The highest BCUT2D eigenvalue weighted by atomic mass is 79.9. The van der Waals surface area contributed by atoms with Gasteiger partial charge in [-0.25, -0.2) is 0 Å². The second-order valence-electron chi connectivity index (χ2n) is 2.89. The van der Waals surface area contributed by atoms with Gasteiger partial charge in [0.05, 0.1) is 7.11 Å². The number of thiophene rings is 1. The van der Waals surface area contributed by atoms with Crippen LogP contribution >= 0.6 is 38.9 Å². The van der Waals surface area contributed by atoms with Crippen LogP contribution in [0, 0.1) is 0 Å². The molecule has 0 spiro atoms. The first-order chi connectivity index (χ1) is 6.74. The Morgan fingerprint density at radius 1 is 1.43 bits per heavy atom. The molecule has 0 saturated carbocycles. The molecule has 0 aliphatic heterocycles. The van der Waals surface area contributed by atoms with Crippen LogP contribution in [0.4, 0.5) is 0 Å². The van der Waals surface area contributed by atoms with Crippen molar-refractivity contribution in [2.45, 2.75) is 5.88 Å². The van der Waals surface area contributed by atoms with E-state index in [2.05, 4.69) is 22.0 Å². The quantitative estimate of drug-likeness (QED) is 0.745. The van der Waals surface area contributed by atoms with Gasteiger partial charge in [-0.3, -0.25) is 0 Å². The summed E-state index contributed by atoms with van der Waals surface area (Å²) in [6.45, 7) is 0. The lowest BCUT2D eigenvalue weighted by Gasteiger charge is -1.97. The van der Waals surface area contributed by atoms with E-state index in [4.69, 9.17) is 16.3 Å². The number of benzene rings is 1. The van der Waals surface area contributed by atoms with E-state index < -0.39 is 0 Å². The van der Waals surface area contributed by atoms with Gasteiger partial charge in [0.2, 0.25) is 0 Å². The maximum Gasteiger partial charge on any atom is 0.174 e. The van der Waals surface area contributed by atoms with Crippen molar-refractivity contribution in [2.24, 2.45) is 0 Å². The van der Waals surface area contributed by atoms with Crippen LogP contribution in [0.1, 0.15) is 5.56 Å². The third kappa shape index (κ3) is 1.76. The van der Waals surface area contributed by atoms with Crippen LogP contribution < -0.4 is 4.74 Å². The zero-order valence-electron chi connectivity index (χ0n) is 7.51. The van der Waals surface area contributed by atoms with Gasteiger partial charge in [-0.2, -0.15) is 0 Å². The van der Waals surface area contributed by atoms with Gasteiger partial charge in [-0.1, -0.05) is 27.3 Å². The highest BCUT2D eigenvalue weighted by molar-refractivity contribution is 9.10. The molecule has 2 aromatic rings. The molecule has 0 aliphatic rings. The molecule has 2 rings (SSSR count). The average molecular weight is 292 g/mol. The molecule has 1 aromatic carbocycles. The van der Waals surface area contributed by atoms with Gasteiger partial charge < -0.3 is 4.74 Å². The lowest BCUT2D eigenvalue weighted by Crippen LogP contribution is -1.77. The van der Waals surface area contributed by atoms with Crippen molar-refractivity contribution in [3.63, 3.8) is 0 Å². The summed E-state index contributed by atoms with van der Waals surface area (Å²) in [7, 11) is 1.68. The molecule has 74 valence electrons. The van der Waals surface area contributed by atoms with Crippen LogP contribution in [-0.2, 0) is 5.88 Å². The highest BCUT2D eigenvalue weighted by Crippen LogP contribution is 2.36. The first-order valence-electron chi connectivity index (χ1n) is 4.06. The van der Waals surface area contributed by atoms with Gasteiger partial charge in [-0.15, -0.1) is 11.6 Å². The predicted molar refractivity (Wildman–Crippen MR) is 65.6 cm³/mol. The van der Waals surface area contributed by atoms with Crippen molar-refractivity contribution in [2.75, 3.05) is 7.11 Å². The summed E-state index contributed by atoms with van der Waals surface area (Å²) in [6.07, 6.45) is 0. The molecule has 14 heavy (non-hydrogen) atoms. The van der Waals surface area contributed by atoms with Crippen molar-refractivity contribution < 1.29 is 4.74 Å². The molecule has 1 aromatic heterocycles. The molecular formula is C10H8BrClOS. The second kappa shape index (κ2) is 4.09. The van der Waals surface area contributed by atoms with Gasteiger partial charge in [0.25, 0.3) is 0 Å². The van der Waals surface area contributed by atoms with E-state index in [0.717, 1.165) is 15.1 Å². The number of halogens is 2. The van der Waals surface area contributed by atoms with E-state index in [-0.39, 0.29) is 0 Å². The van der Waals surface area contributed by atoms with E-state index in [1.165, 1.54) is 10.1 Å². The van der Waals surface area contributed by atoms with E-state index in [1.807, 2.05) is 12.1 Å². The molecule has 0 radical (unpaired) electrons. The van der Waals surface area contributed by atoms with Crippen LogP contribution in [0.3, 0.4) is 0 Å². The average Bonchev–Trinajstić information content (AvgIpc) is 2.61. The molecule has 0 amide bonds. The normalized spacial score (nSPS) is 10.8. The predicted octanol–water partition coefficient (Wildman–Crippen LogP) is 4.41. The summed E-state index contributed by atoms with van der Waals surface area (Å²) in [5.41, 5.74) is 1.12. The van der Waals surface area contributed by atoms with Crippen molar-refractivity contribution in [3.8, 4) is 5.06 Å². The fraction of sp³-hybridized carbons (Fsp3) is 0.200. The molecule has 1 heterocycles. The third-order valence-corrected chi connectivity index (χ3v) is 3.99. The van der Waals surface area contributed by atoms with Crippen molar-refractivity contribution in [1.82, 2.24) is 0 Å². The smallest absolute Gasteiger partial charge is 0.174 e. The third-order valence-electron chi connectivity index (χ3n) is 1.98. The summed E-state index contributed by atoms with van der Waals surface area (Å²) < 4.78 is 7.47. The minimum atomic E-state index is 0.536. The number of hydrogen-bond donors (Lipinski definition) is 0. The largest absolute Gasteiger partial charge is 0.487 e. The highest BCUT2D eigenvalue weighted by Gasteiger charge is 2.06. The molecule has 0 fully saturated rings. The van der Waals surface area contributed by atoms with E-state index >= 15 is 0 Å². The summed E-state index contributed by atoms with van der Waals surface area (Å²) in [5, 5.41) is 2.10. The fourth-order valence-corrected chi connectivity index (χ4v) is 3.18. The summed E-state index contributed by atoms with van der Waals surface area (Å²) in [6, 6.07) is 6.17. The number of methoxy groups -OCH3 is 1. The Labute approximate surface area is 99.8 Å². The van der Waals surface area contributed by atoms with E-state index in [1.54, 1.807) is 18.4 Å². The number of hydrogen-bond acceptors (Lipinski definition) is 2. The van der Waals surface area contributed by atoms with Crippen molar-refractivity contribution in [1.29, 1.82) is 0 Å². The Morgan fingerprint density at radius 3 is 2.86 bits per heavy atom. The van der Waals surface area contributed by atoms with Gasteiger partial charge in [0, 0.05) is 26.5 Å². The minimum Gasteiger partial charge on any atom is -0.487 e. The molecule has 0 saturated heterocycles. The zero-order valence-corrected chi connectivity index (χ0v) is 10.7. The van der Waals surface area contributed by atoms with Gasteiger partial charge in [-0.05, 0) is 17.7 Å². The Balaban J connectivity index is 2.67. The maximum absolute atomic E-state index is 5.79. The fourth-order valence-electron chi connectivity index (χ4n) is 1.30. The number of fused-ring (bicyclic) bond motifs is 1. The van der Waals surface area contributed by atoms with Crippen LogP contribution in [0.5, 0.6) is 5.06 Å². The molecule has 0 unspecified atom stereocenters. The lowest BCUT2D eigenvalue weighted by atomic mass is 10.2. The first-order valence-corrected chi connectivity index (χ1v) is 6.21. The standard InChI is InChI=1S/C10H8BrClOS/c1-13-10-4-7-8(11)2-6(5-12)3-9(7)14-10/h2-4H,5H2,1H3. The topological polar surface area (TPSA) is 9.23 Å². The Morgan fingerprint density at radius 2 is 2.21 bits per heavy atom. The van der Waals surface area contributed by atoms with Crippen LogP contribution in [0.2, 0.25) is 0 Å². The van der Waals surface area contributed by atoms with Crippen LogP contribution in [0.15, 0.2) is 22.7 Å². The minimum absolute atomic E-state index is 0.536. The Bertz CT molecular complexity index is 466. The molecular weight excluding hydrogens is 284 g/mol. The number of ether oxygens (including phenoxy) is 1. The molecule has 0 bridgehead atoms. The number of rotatable bonds is 2. The SMILES string of the molecule is COc1cc2c(Br)cc(CCl)cc2s1. The van der Waals surface area contributed by atoms with E-state index in [9.17, 15) is 0 Å². The second-order valence-corrected chi connectivity index (χ2v) is 5.06. The summed E-state index contributed by atoms with van der Waals surface area (Å²) >= 11 is 10.9. The summed E-state index contributed by atoms with van der Waals surface area (Å²) in [5.74, 6) is 0.536. The Kier molecular flexibility index (Phi) is 3.00. The van der Waals surface area contributed by atoms with Gasteiger partial charge in [0.1, 0.15) is 0 Å². The summed E-state index contributed by atoms with van der Waals surface area (Å²) in [4.78, 5) is 0. The van der Waals surface area contributed by atoms with Crippen LogP contribution in [-0.4, -0.2) is 7.11 Å². The molecule has 1 nitrogen and oxygen atoms in total. The van der Waals surface area contributed by atoms with Crippen LogP contribution in [0.25, 0.3) is 10.1 Å². The number of alkyl halides is 1.